The minimum absolute atomic E-state index is 0.0645. The van der Waals surface area contributed by atoms with Crippen LogP contribution >= 0.6 is 0 Å². The number of nitrogens with zero attached hydrogens (tertiary/aromatic N) is 1. The molecule has 1 aromatic rings. The normalized spacial score (nSPS) is 23.3. The number of sulfonamides is 1. The molecule has 0 bridgehead atoms. The Hall–Kier alpha value is -1.47. The smallest absolute Gasteiger partial charge is 0.246 e. The number of hydrogen-bond donors (Lipinski definition) is 1. The van der Waals surface area contributed by atoms with Crippen molar-refractivity contribution in [2.45, 2.75) is 62.3 Å². The molecular formula is C19H27FN2O3S. The molecule has 26 heavy (non-hydrogen) atoms. The average Bonchev–Trinajstić information content (AvgIpc) is 2.90. The first kappa shape index (κ1) is 19.3. The number of hydrogen-bond acceptors (Lipinski definition) is 3. The summed E-state index contributed by atoms with van der Waals surface area (Å²) in [6.07, 6.45) is 7.95. The molecule has 1 amide bonds. The molecule has 1 N–H and O–H groups in total. The maximum Gasteiger partial charge on any atom is 0.246 e. The van der Waals surface area contributed by atoms with Crippen molar-refractivity contribution in [3.8, 4) is 0 Å². The predicted molar refractivity (Wildman–Crippen MR) is 97.5 cm³/mol. The van der Waals surface area contributed by atoms with Crippen molar-refractivity contribution < 1.29 is 17.6 Å². The van der Waals surface area contributed by atoms with E-state index in [2.05, 4.69) is 5.32 Å². The molecule has 1 atom stereocenters. The second-order valence-electron chi connectivity index (χ2n) is 7.33. The predicted octanol–water partition coefficient (Wildman–Crippen LogP) is 3.07. The van der Waals surface area contributed by atoms with Crippen LogP contribution < -0.4 is 5.32 Å². The third-order valence-corrected chi connectivity index (χ3v) is 7.31. The molecular weight excluding hydrogens is 355 g/mol. The van der Waals surface area contributed by atoms with E-state index < -0.39 is 15.8 Å². The molecule has 0 aromatic heterocycles. The van der Waals surface area contributed by atoms with Gasteiger partial charge in [0.1, 0.15) is 10.7 Å². The number of piperidine rings is 1. The summed E-state index contributed by atoms with van der Waals surface area (Å²) in [5.74, 6) is -1.18. The molecule has 3 rings (SSSR count). The molecule has 7 heteroatoms. The molecule has 1 unspecified atom stereocenters. The van der Waals surface area contributed by atoms with Gasteiger partial charge >= 0.3 is 0 Å². The SMILES string of the molecule is O=C(NC1CCCCCC1)C1CCCN(S(=O)(=O)c2ccccc2F)C1. The quantitative estimate of drug-likeness (QED) is 0.814. The number of carbonyl (C=O) groups is 1. The molecule has 1 saturated heterocycles. The van der Waals surface area contributed by atoms with Gasteiger partial charge in [0.05, 0.1) is 5.92 Å². The molecule has 1 saturated carbocycles. The highest BCUT2D eigenvalue weighted by molar-refractivity contribution is 7.89. The Morgan fingerprint density at radius 3 is 2.42 bits per heavy atom. The van der Waals surface area contributed by atoms with Crippen LogP contribution in [0.2, 0.25) is 0 Å². The average molecular weight is 383 g/mol. The lowest BCUT2D eigenvalue weighted by atomic mass is 9.97. The Morgan fingerprint density at radius 2 is 1.73 bits per heavy atom. The summed E-state index contributed by atoms with van der Waals surface area (Å²) in [5.41, 5.74) is 0. The fourth-order valence-corrected chi connectivity index (χ4v) is 5.50. The van der Waals surface area contributed by atoms with E-state index in [1.165, 1.54) is 35.3 Å². The van der Waals surface area contributed by atoms with Crippen molar-refractivity contribution in [2.75, 3.05) is 13.1 Å². The zero-order valence-corrected chi connectivity index (χ0v) is 15.8. The molecule has 0 radical (unpaired) electrons. The van der Waals surface area contributed by atoms with E-state index in [4.69, 9.17) is 0 Å². The molecule has 1 aliphatic heterocycles. The van der Waals surface area contributed by atoms with E-state index in [9.17, 15) is 17.6 Å². The van der Waals surface area contributed by atoms with Gasteiger partial charge in [0.25, 0.3) is 0 Å². The maximum absolute atomic E-state index is 14.0. The lowest BCUT2D eigenvalue weighted by Crippen LogP contribution is -2.47. The Bertz CT molecular complexity index is 730. The molecule has 2 fully saturated rings. The summed E-state index contributed by atoms with van der Waals surface area (Å²) < 4.78 is 40.7. The minimum atomic E-state index is -3.92. The Labute approximate surface area is 155 Å². The first-order valence-electron chi connectivity index (χ1n) is 9.53. The second-order valence-corrected chi connectivity index (χ2v) is 9.24. The monoisotopic (exact) mass is 382 g/mol. The fourth-order valence-electron chi connectivity index (χ4n) is 3.91. The zero-order chi connectivity index (χ0) is 18.6. The number of carbonyl (C=O) groups excluding carboxylic acids is 1. The lowest BCUT2D eigenvalue weighted by molar-refractivity contribution is -0.126. The van der Waals surface area contributed by atoms with Crippen LogP contribution in [0.3, 0.4) is 0 Å². The first-order valence-corrected chi connectivity index (χ1v) is 11.0. The van der Waals surface area contributed by atoms with Crippen LogP contribution in [0.4, 0.5) is 4.39 Å². The Balaban J connectivity index is 1.67. The largest absolute Gasteiger partial charge is 0.353 e. The summed E-state index contributed by atoms with van der Waals surface area (Å²) in [5, 5.41) is 3.12. The third kappa shape index (κ3) is 4.43. The Morgan fingerprint density at radius 1 is 1.04 bits per heavy atom. The maximum atomic E-state index is 14.0. The zero-order valence-electron chi connectivity index (χ0n) is 15.0. The Kier molecular flexibility index (Phi) is 6.29. The van der Waals surface area contributed by atoms with Crippen molar-refractivity contribution in [3.63, 3.8) is 0 Å². The van der Waals surface area contributed by atoms with E-state index >= 15 is 0 Å². The highest BCUT2D eigenvalue weighted by atomic mass is 32.2. The molecule has 1 heterocycles. The van der Waals surface area contributed by atoms with E-state index in [0.717, 1.165) is 31.7 Å². The lowest BCUT2D eigenvalue weighted by Gasteiger charge is -2.32. The molecule has 2 aliphatic rings. The molecule has 0 spiro atoms. The minimum Gasteiger partial charge on any atom is -0.353 e. The van der Waals surface area contributed by atoms with Gasteiger partial charge in [-0.25, -0.2) is 12.8 Å². The summed E-state index contributed by atoms with van der Waals surface area (Å²) >= 11 is 0. The van der Waals surface area contributed by atoms with Crippen LogP contribution in [0.5, 0.6) is 0 Å². The second kappa shape index (κ2) is 8.48. The summed E-state index contributed by atoms with van der Waals surface area (Å²) in [6, 6.07) is 5.60. The van der Waals surface area contributed by atoms with Gasteiger partial charge in [0, 0.05) is 19.1 Å². The number of halogens is 1. The van der Waals surface area contributed by atoms with Gasteiger partial charge in [-0.1, -0.05) is 37.8 Å². The van der Waals surface area contributed by atoms with Gasteiger partial charge in [-0.05, 0) is 37.8 Å². The number of rotatable bonds is 4. The molecule has 144 valence electrons. The van der Waals surface area contributed by atoms with Crippen LogP contribution in [0.1, 0.15) is 51.4 Å². The van der Waals surface area contributed by atoms with E-state index in [-0.39, 0.29) is 29.3 Å². The topological polar surface area (TPSA) is 66.5 Å². The fraction of sp³-hybridized carbons (Fsp3) is 0.632. The van der Waals surface area contributed by atoms with Gasteiger partial charge < -0.3 is 5.32 Å². The van der Waals surface area contributed by atoms with Crippen LogP contribution in [-0.2, 0) is 14.8 Å². The summed E-state index contributed by atoms with van der Waals surface area (Å²) in [6.45, 7) is 0.444. The van der Waals surface area contributed by atoms with Gasteiger partial charge in [0.15, 0.2) is 0 Å². The number of nitrogens with one attached hydrogen (secondary N) is 1. The van der Waals surface area contributed by atoms with Crippen molar-refractivity contribution >= 4 is 15.9 Å². The van der Waals surface area contributed by atoms with Gasteiger partial charge in [-0.3, -0.25) is 4.79 Å². The molecule has 1 aliphatic carbocycles. The van der Waals surface area contributed by atoms with Crippen molar-refractivity contribution in [1.29, 1.82) is 0 Å². The van der Waals surface area contributed by atoms with E-state index in [1.54, 1.807) is 0 Å². The van der Waals surface area contributed by atoms with Crippen molar-refractivity contribution in [1.82, 2.24) is 9.62 Å². The van der Waals surface area contributed by atoms with Gasteiger partial charge in [-0.15, -0.1) is 0 Å². The summed E-state index contributed by atoms with van der Waals surface area (Å²) in [7, 11) is -3.92. The highest BCUT2D eigenvalue weighted by Gasteiger charge is 2.35. The van der Waals surface area contributed by atoms with Gasteiger partial charge in [0.2, 0.25) is 15.9 Å². The third-order valence-electron chi connectivity index (χ3n) is 5.41. The highest BCUT2D eigenvalue weighted by Crippen LogP contribution is 2.26. The number of benzene rings is 1. The van der Waals surface area contributed by atoms with Crippen LogP contribution in [0.15, 0.2) is 29.2 Å². The number of amides is 1. The molecule has 5 nitrogen and oxygen atoms in total. The van der Waals surface area contributed by atoms with Crippen LogP contribution in [0, 0.1) is 11.7 Å². The summed E-state index contributed by atoms with van der Waals surface area (Å²) in [4.78, 5) is 12.3. The van der Waals surface area contributed by atoms with Crippen molar-refractivity contribution in [2.24, 2.45) is 5.92 Å². The molecule has 1 aromatic carbocycles. The van der Waals surface area contributed by atoms with E-state index in [0.29, 0.717) is 19.4 Å². The van der Waals surface area contributed by atoms with Crippen LogP contribution in [0.25, 0.3) is 0 Å². The standard InChI is InChI=1S/C19H27FN2O3S/c20-17-11-5-6-12-18(17)26(24,25)22-13-7-8-15(14-22)19(23)21-16-9-3-1-2-4-10-16/h5-6,11-12,15-16H,1-4,7-10,13-14H2,(H,21,23). The van der Waals surface area contributed by atoms with Crippen molar-refractivity contribution in [3.05, 3.63) is 30.1 Å². The van der Waals surface area contributed by atoms with Gasteiger partial charge in [-0.2, -0.15) is 4.31 Å². The first-order chi connectivity index (χ1) is 12.5. The van der Waals surface area contributed by atoms with Crippen LogP contribution in [-0.4, -0.2) is 37.8 Å². The van der Waals surface area contributed by atoms with E-state index in [1.807, 2.05) is 0 Å².